The van der Waals surface area contributed by atoms with Gasteiger partial charge in [0, 0.05) is 0 Å². The highest BCUT2D eigenvalue weighted by molar-refractivity contribution is 7.45. The van der Waals surface area contributed by atoms with Gasteiger partial charge in [0.25, 0.3) is 0 Å². The Morgan fingerprint density at radius 3 is 1.57 bits per heavy atom. The van der Waals surface area contributed by atoms with E-state index in [0.717, 1.165) is 0 Å². The minimum absolute atomic E-state index is 0.167. The minimum Gasteiger partial charge on any atom is -0.368 e. The van der Waals surface area contributed by atoms with Crippen LogP contribution in [0.25, 0.3) is 0 Å². The molecule has 9 nitrogen and oxygen atoms in total. The molecule has 0 radical (unpaired) electrons. The first-order valence-electron chi connectivity index (χ1n) is 3.20. The molecule has 0 saturated carbocycles. The summed E-state index contributed by atoms with van der Waals surface area (Å²) in [5.74, 6) is 0.875. The summed E-state index contributed by atoms with van der Waals surface area (Å²) in [4.78, 5) is 32.6. The first-order chi connectivity index (χ1) is 6.18. The number of anilines is 2. The molecule has 0 aliphatic carbocycles. The van der Waals surface area contributed by atoms with Gasteiger partial charge in [0.05, 0.1) is 0 Å². The Kier molecular flexibility index (Phi) is 4.38. The SMILES string of the molecule is Cc1nc(N)nc(N)n1.O=P(O)(O)O. The predicted molar refractivity (Wildman–Crippen MR) is 47.7 cm³/mol. The Hall–Kier alpha value is -1.28. The van der Waals surface area contributed by atoms with Gasteiger partial charge in [-0.1, -0.05) is 0 Å². The summed E-state index contributed by atoms with van der Waals surface area (Å²) in [6.45, 7) is 1.70. The van der Waals surface area contributed by atoms with Crippen LogP contribution in [0.3, 0.4) is 0 Å². The number of rotatable bonds is 0. The molecule has 0 atom stereocenters. The maximum Gasteiger partial charge on any atom is 0.466 e. The Labute approximate surface area is 79.1 Å². The summed E-state index contributed by atoms with van der Waals surface area (Å²) in [5, 5.41) is 0. The fourth-order valence-electron chi connectivity index (χ4n) is 0.524. The third-order valence-corrected chi connectivity index (χ3v) is 0.782. The maximum atomic E-state index is 8.88. The van der Waals surface area contributed by atoms with Gasteiger partial charge in [-0.25, -0.2) is 4.57 Å². The minimum atomic E-state index is -4.64. The van der Waals surface area contributed by atoms with Gasteiger partial charge in [-0.05, 0) is 6.92 Å². The Morgan fingerprint density at radius 1 is 1.07 bits per heavy atom. The van der Waals surface area contributed by atoms with Gasteiger partial charge in [0.1, 0.15) is 5.82 Å². The zero-order chi connectivity index (χ0) is 11.4. The normalized spacial score (nSPS) is 10.3. The zero-order valence-corrected chi connectivity index (χ0v) is 8.09. The van der Waals surface area contributed by atoms with Crippen LogP contribution in [-0.2, 0) is 4.57 Å². The van der Waals surface area contributed by atoms with Crippen molar-refractivity contribution in [3.8, 4) is 0 Å². The van der Waals surface area contributed by atoms with E-state index >= 15 is 0 Å². The highest BCUT2D eigenvalue weighted by atomic mass is 31.2. The smallest absolute Gasteiger partial charge is 0.368 e. The van der Waals surface area contributed by atoms with E-state index in [9.17, 15) is 0 Å². The summed E-state index contributed by atoms with van der Waals surface area (Å²) in [7, 11) is -4.64. The maximum absolute atomic E-state index is 8.88. The Balaban J connectivity index is 0.000000292. The quantitative estimate of drug-likeness (QED) is 0.325. The van der Waals surface area contributed by atoms with E-state index in [0.29, 0.717) is 5.82 Å². The molecule has 1 aromatic rings. The lowest BCUT2D eigenvalue weighted by molar-refractivity contribution is 0.275. The number of nitrogens with two attached hydrogens (primary N) is 2. The van der Waals surface area contributed by atoms with Gasteiger partial charge < -0.3 is 26.1 Å². The van der Waals surface area contributed by atoms with Crippen LogP contribution >= 0.6 is 7.82 Å². The average molecular weight is 223 g/mol. The summed E-state index contributed by atoms with van der Waals surface area (Å²) >= 11 is 0. The number of nitrogens with zero attached hydrogens (tertiary/aromatic N) is 3. The van der Waals surface area contributed by atoms with E-state index in [1.54, 1.807) is 6.92 Å². The van der Waals surface area contributed by atoms with Crippen LogP contribution < -0.4 is 11.5 Å². The van der Waals surface area contributed by atoms with Crippen LogP contribution in [0.5, 0.6) is 0 Å². The second kappa shape index (κ2) is 4.82. The van der Waals surface area contributed by atoms with Crippen LogP contribution in [-0.4, -0.2) is 29.6 Å². The molecule has 1 rings (SSSR count). The molecule has 0 saturated heterocycles. The molecular formula is C4H10N5O4P. The predicted octanol–water partition coefficient (Wildman–Crippen LogP) is -1.58. The highest BCUT2D eigenvalue weighted by Gasteiger charge is 2.00. The Bertz CT molecular complexity index is 293. The molecule has 7 N–H and O–H groups in total. The molecule has 0 aliphatic rings. The van der Waals surface area contributed by atoms with Gasteiger partial charge in [-0.2, -0.15) is 15.0 Å². The first kappa shape index (κ1) is 12.7. The third kappa shape index (κ3) is 8.81. The van der Waals surface area contributed by atoms with Crippen molar-refractivity contribution in [1.29, 1.82) is 0 Å². The molecule has 0 amide bonds. The molecule has 0 aliphatic heterocycles. The van der Waals surface area contributed by atoms with E-state index in [4.69, 9.17) is 30.7 Å². The monoisotopic (exact) mass is 223 g/mol. The van der Waals surface area contributed by atoms with Gasteiger partial charge >= 0.3 is 7.82 Å². The van der Waals surface area contributed by atoms with E-state index < -0.39 is 7.82 Å². The fraction of sp³-hybridized carbons (Fsp3) is 0.250. The van der Waals surface area contributed by atoms with Crippen LogP contribution in [0.4, 0.5) is 11.9 Å². The Morgan fingerprint density at radius 2 is 1.36 bits per heavy atom. The molecule has 14 heavy (non-hydrogen) atoms. The van der Waals surface area contributed by atoms with Crippen LogP contribution in [0, 0.1) is 6.92 Å². The standard InChI is InChI=1S/C4H7N5.H3O4P/c1-2-7-3(5)9-4(6)8-2;1-5(2,3)4/h1H3,(H4,5,6,7,8,9);(H3,1,2,3,4). The molecule has 0 spiro atoms. The van der Waals surface area contributed by atoms with Gasteiger partial charge in [-0.3, -0.25) is 0 Å². The van der Waals surface area contributed by atoms with Gasteiger partial charge in [0.2, 0.25) is 11.9 Å². The number of phosphoric acid groups is 1. The lowest BCUT2D eigenvalue weighted by Gasteiger charge is -1.93. The average Bonchev–Trinajstić information content (AvgIpc) is 1.77. The van der Waals surface area contributed by atoms with Crippen molar-refractivity contribution in [3.05, 3.63) is 5.82 Å². The molecule has 0 aromatic carbocycles. The number of hydrogen-bond acceptors (Lipinski definition) is 6. The number of hydrogen-bond donors (Lipinski definition) is 5. The van der Waals surface area contributed by atoms with Crippen molar-refractivity contribution in [2.75, 3.05) is 11.5 Å². The van der Waals surface area contributed by atoms with Gasteiger partial charge in [-0.15, -0.1) is 0 Å². The van der Waals surface area contributed by atoms with Crippen molar-refractivity contribution >= 4 is 19.7 Å². The number of nitrogen functional groups attached to an aromatic ring is 2. The molecule has 0 bridgehead atoms. The largest absolute Gasteiger partial charge is 0.466 e. The molecule has 1 aromatic heterocycles. The lowest BCUT2D eigenvalue weighted by Crippen LogP contribution is -2.03. The summed E-state index contributed by atoms with van der Waals surface area (Å²) < 4.78 is 8.88. The molecule has 1 heterocycles. The number of aromatic nitrogens is 3. The first-order valence-corrected chi connectivity index (χ1v) is 4.77. The van der Waals surface area contributed by atoms with Crippen molar-refractivity contribution < 1.29 is 19.2 Å². The van der Waals surface area contributed by atoms with Crippen molar-refractivity contribution in [1.82, 2.24) is 15.0 Å². The summed E-state index contributed by atoms with van der Waals surface area (Å²) in [6, 6.07) is 0. The van der Waals surface area contributed by atoms with E-state index in [1.165, 1.54) is 0 Å². The molecular weight excluding hydrogens is 213 g/mol. The molecule has 10 heteroatoms. The fourth-order valence-corrected chi connectivity index (χ4v) is 0.524. The third-order valence-electron chi connectivity index (χ3n) is 0.782. The zero-order valence-electron chi connectivity index (χ0n) is 7.19. The molecule has 80 valence electrons. The number of aryl methyl sites for hydroxylation is 1. The molecule has 0 fully saturated rings. The van der Waals surface area contributed by atoms with Crippen LogP contribution in [0.1, 0.15) is 5.82 Å². The second-order valence-electron chi connectivity index (χ2n) is 2.11. The van der Waals surface area contributed by atoms with Crippen molar-refractivity contribution in [2.24, 2.45) is 0 Å². The lowest BCUT2D eigenvalue weighted by atomic mass is 10.7. The van der Waals surface area contributed by atoms with Crippen LogP contribution in [0.15, 0.2) is 0 Å². The topological polar surface area (TPSA) is 168 Å². The van der Waals surface area contributed by atoms with E-state index in [2.05, 4.69) is 15.0 Å². The molecule has 0 unspecified atom stereocenters. The van der Waals surface area contributed by atoms with Gasteiger partial charge in [0.15, 0.2) is 0 Å². The van der Waals surface area contributed by atoms with Crippen molar-refractivity contribution in [3.63, 3.8) is 0 Å². The van der Waals surface area contributed by atoms with Crippen LogP contribution in [0.2, 0.25) is 0 Å². The van der Waals surface area contributed by atoms with E-state index in [1.807, 2.05) is 0 Å². The van der Waals surface area contributed by atoms with Crippen molar-refractivity contribution in [2.45, 2.75) is 6.92 Å². The summed E-state index contributed by atoms with van der Waals surface area (Å²) in [6.07, 6.45) is 0. The highest BCUT2D eigenvalue weighted by Crippen LogP contribution is 2.25. The summed E-state index contributed by atoms with van der Waals surface area (Å²) in [5.41, 5.74) is 10.4. The van der Waals surface area contributed by atoms with E-state index in [-0.39, 0.29) is 11.9 Å². The second-order valence-corrected chi connectivity index (χ2v) is 3.14.